The number of anilines is 1. The predicted molar refractivity (Wildman–Crippen MR) is 103 cm³/mol. The number of nitrogens with one attached hydrogen (secondary N) is 1. The Morgan fingerprint density at radius 3 is 2.56 bits per heavy atom. The molecule has 0 spiro atoms. The Morgan fingerprint density at radius 1 is 1.22 bits per heavy atom. The van der Waals surface area contributed by atoms with Gasteiger partial charge in [-0.15, -0.1) is 0 Å². The minimum absolute atomic E-state index is 0.0150. The van der Waals surface area contributed by atoms with Crippen molar-refractivity contribution in [3.8, 4) is 5.88 Å². The van der Waals surface area contributed by atoms with E-state index < -0.39 is 41.9 Å². The van der Waals surface area contributed by atoms with E-state index in [0.29, 0.717) is 25.8 Å². The third kappa shape index (κ3) is 8.11. The number of carbonyl (C=O) groups is 1. The third-order valence-electron chi connectivity index (χ3n) is 4.20. The molecule has 0 bridgehead atoms. The summed E-state index contributed by atoms with van der Waals surface area (Å²) in [6, 6.07) is -0.510. The van der Waals surface area contributed by atoms with E-state index in [1.54, 1.807) is 0 Å². The van der Waals surface area contributed by atoms with Gasteiger partial charge < -0.3 is 39.8 Å². The minimum Gasteiger partial charge on any atom is -0.475 e. The van der Waals surface area contributed by atoms with E-state index in [-0.39, 0.29) is 38.9 Å². The summed E-state index contributed by atoms with van der Waals surface area (Å²) < 4.78 is 65.5. The van der Waals surface area contributed by atoms with Crippen LogP contribution in [0.5, 0.6) is 5.88 Å². The minimum atomic E-state index is -4.77. The predicted octanol–water partition coefficient (Wildman–Crippen LogP) is -0.378. The number of hydrogen-bond acceptors (Lipinski definition) is 11. The Labute approximate surface area is 182 Å². The first kappa shape index (κ1) is 26.2. The highest BCUT2D eigenvalue weighted by Crippen LogP contribution is 2.30. The second-order valence-electron chi connectivity index (χ2n) is 6.65. The van der Waals surface area contributed by atoms with Crippen molar-refractivity contribution in [2.24, 2.45) is 5.73 Å². The van der Waals surface area contributed by atoms with Gasteiger partial charge in [0.15, 0.2) is 11.5 Å². The molecular weight excluding hydrogens is 441 g/mol. The first-order chi connectivity index (χ1) is 15.3. The molecule has 0 aliphatic carbocycles. The number of halogens is 3. The standard InChI is InChI=1S/C18H27F3N4O7/c1-28-10-12-16(27)15(26)11(9-32-12)23-17-24-13(18(19,20)21)8-14(25-17)31-7-6-30-5-4-29-3-2-22/h8,11-12,16,27H,2-7,9-10,22H2,1H3,(H,23,24,25)/t11-,12+,16-/m0/s1. The molecule has 1 fully saturated rings. The van der Waals surface area contributed by atoms with Crippen LogP contribution in [0.1, 0.15) is 5.69 Å². The zero-order valence-electron chi connectivity index (χ0n) is 17.5. The van der Waals surface area contributed by atoms with Gasteiger partial charge in [-0.25, -0.2) is 4.98 Å². The molecule has 4 N–H and O–H groups in total. The third-order valence-corrected chi connectivity index (χ3v) is 4.20. The van der Waals surface area contributed by atoms with Gasteiger partial charge in [0.1, 0.15) is 24.9 Å². The molecule has 14 heteroatoms. The van der Waals surface area contributed by atoms with Gasteiger partial charge in [-0.1, -0.05) is 0 Å². The maximum Gasteiger partial charge on any atom is 0.433 e. The number of rotatable bonds is 13. The fourth-order valence-electron chi connectivity index (χ4n) is 2.67. The van der Waals surface area contributed by atoms with E-state index in [2.05, 4.69) is 15.3 Å². The zero-order chi connectivity index (χ0) is 23.6. The highest BCUT2D eigenvalue weighted by molar-refractivity contribution is 5.91. The summed E-state index contributed by atoms with van der Waals surface area (Å²) in [5.74, 6) is -1.53. The van der Waals surface area contributed by atoms with Gasteiger partial charge in [-0.3, -0.25) is 4.79 Å². The van der Waals surface area contributed by atoms with Crippen LogP contribution in [0.15, 0.2) is 6.07 Å². The number of hydrogen-bond donors (Lipinski definition) is 3. The van der Waals surface area contributed by atoms with Gasteiger partial charge in [0.05, 0.1) is 39.6 Å². The van der Waals surface area contributed by atoms with E-state index in [0.717, 1.165) is 0 Å². The Balaban J connectivity index is 1.98. The Hall–Kier alpha value is -2.10. The highest BCUT2D eigenvalue weighted by Gasteiger charge is 2.39. The summed E-state index contributed by atoms with van der Waals surface area (Å²) in [6.07, 6.45) is -7.15. The lowest BCUT2D eigenvalue weighted by atomic mass is 10.0. The van der Waals surface area contributed by atoms with Crippen LogP contribution in [0.25, 0.3) is 0 Å². The van der Waals surface area contributed by atoms with Gasteiger partial charge in [-0.2, -0.15) is 18.2 Å². The summed E-state index contributed by atoms with van der Waals surface area (Å²) >= 11 is 0. The monoisotopic (exact) mass is 468 g/mol. The Morgan fingerprint density at radius 2 is 1.91 bits per heavy atom. The fraction of sp³-hybridized carbons (Fsp3) is 0.722. The van der Waals surface area contributed by atoms with Crippen LogP contribution in [-0.2, 0) is 29.9 Å². The maximum atomic E-state index is 13.2. The smallest absolute Gasteiger partial charge is 0.433 e. The van der Waals surface area contributed by atoms with Crippen LogP contribution in [0, 0.1) is 0 Å². The topological polar surface area (TPSA) is 147 Å². The van der Waals surface area contributed by atoms with E-state index in [9.17, 15) is 23.1 Å². The second kappa shape index (κ2) is 12.8. The maximum absolute atomic E-state index is 13.2. The Bertz CT molecular complexity index is 726. The number of alkyl halides is 3. The number of ether oxygens (including phenoxy) is 5. The molecule has 0 amide bonds. The molecule has 1 saturated heterocycles. The molecule has 11 nitrogen and oxygen atoms in total. The van der Waals surface area contributed by atoms with Gasteiger partial charge >= 0.3 is 6.18 Å². The van der Waals surface area contributed by atoms with E-state index in [1.807, 2.05) is 0 Å². The molecule has 3 atom stereocenters. The number of aliphatic hydroxyl groups is 1. The quantitative estimate of drug-likeness (QED) is 0.326. The van der Waals surface area contributed by atoms with Gasteiger partial charge in [0.2, 0.25) is 11.8 Å². The normalized spacial score (nSPS) is 21.6. The molecule has 1 aliphatic rings. The molecule has 0 aromatic carbocycles. The number of methoxy groups -OCH3 is 1. The lowest BCUT2D eigenvalue weighted by Crippen LogP contribution is -2.54. The summed E-state index contributed by atoms with van der Waals surface area (Å²) in [7, 11) is 1.38. The highest BCUT2D eigenvalue weighted by atomic mass is 19.4. The molecule has 182 valence electrons. The first-order valence-corrected chi connectivity index (χ1v) is 9.79. The summed E-state index contributed by atoms with van der Waals surface area (Å²) in [6.45, 7) is 1.17. The van der Waals surface area contributed by atoms with Crippen molar-refractivity contribution in [3.63, 3.8) is 0 Å². The van der Waals surface area contributed by atoms with Gasteiger partial charge in [-0.05, 0) is 0 Å². The average molecular weight is 468 g/mol. The van der Waals surface area contributed by atoms with Crippen molar-refractivity contribution < 1.29 is 46.8 Å². The summed E-state index contributed by atoms with van der Waals surface area (Å²) in [4.78, 5) is 19.6. The van der Waals surface area contributed by atoms with E-state index in [1.165, 1.54) is 7.11 Å². The molecule has 1 aromatic heterocycles. The first-order valence-electron chi connectivity index (χ1n) is 9.79. The second-order valence-corrected chi connectivity index (χ2v) is 6.65. The summed E-state index contributed by atoms with van der Waals surface area (Å²) in [5, 5.41) is 12.5. The molecule has 2 rings (SSSR count). The van der Waals surface area contributed by atoms with Crippen molar-refractivity contribution >= 4 is 11.7 Å². The fourth-order valence-corrected chi connectivity index (χ4v) is 2.67. The number of carbonyl (C=O) groups excluding carboxylic acids is 1. The molecule has 2 heterocycles. The van der Waals surface area contributed by atoms with E-state index in [4.69, 9.17) is 29.4 Å². The van der Waals surface area contributed by atoms with Crippen LogP contribution in [0.4, 0.5) is 19.1 Å². The lowest BCUT2D eigenvalue weighted by Gasteiger charge is -2.32. The van der Waals surface area contributed by atoms with Crippen molar-refractivity contribution in [2.75, 3.05) is 65.2 Å². The summed E-state index contributed by atoms with van der Waals surface area (Å²) in [5.41, 5.74) is 4.01. The molecular formula is C18H27F3N4O7. The molecule has 0 unspecified atom stereocenters. The lowest BCUT2D eigenvalue weighted by molar-refractivity contribution is -0.153. The van der Waals surface area contributed by atoms with Crippen LogP contribution in [0.2, 0.25) is 0 Å². The molecule has 32 heavy (non-hydrogen) atoms. The Kier molecular flexibility index (Phi) is 10.5. The van der Waals surface area contributed by atoms with Crippen LogP contribution in [-0.4, -0.2) is 99.0 Å². The van der Waals surface area contributed by atoms with Crippen molar-refractivity contribution in [1.29, 1.82) is 0 Å². The van der Waals surface area contributed by atoms with E-state index >= 15 is 0 Å². The molecule has 1 aromatic rings. The number of nitrogens with two attached hydrogens (primary N) is 1. The van der Waals surface area contributed by atoms with Crippen LogP contribution < -0.4 is 15.8 Å². The molecule has 0 radical (unpaired) electrons. The molecule has 0 saturated carbocycles. The number of aliphatic hydroxyl groups excluding tert-OH is 1. The van der Waals surface area contributed by atoms with Crippen molar-refractivity contribution in [2.45, 2.75) is 24.4 Å². The number of nitrogens with zero attached hydrogens (tertiary/aromatic N) is 2. The van der Waals surface area contributed by atoms with Crippen LogP contribution in [0.3, 0.4) is 0 Å². The van der Waals surface area contributed by atoms with Crippen LogP contribution >= 0.6 is 0 Å². The largest absolute Gasteiger partial charge is 0.475 e. The zero-order valence-corrected chi connectivity index (χ0v) is 17.5. The average Bonchev–Trinajstić information content (AvgIpc) is 2.75. The molecule has 1 aliphatic heterocycles. The SMILES string of the molecule is COC[C@H]1OC[C@H](Nc2nc(OCCOCCOCCN)cc(C(F)(F)F)n2)C(=O)[C@H]1O. The van der Waals surface area contributed by atoms with Gasteiger partial charge in [0, 0.05) is 19.7 Å². The van der Waals surface area contributed by atoms with Gasteiger partial charge in [0.25, 0.3) is 0 Å². The number of Topliss-reactive ketones (excluding diaryl/α,β-unsaturated/α-hetero) is 1. The number of aromatic nitrogens is 2. The van der Waals surface area contributed by atoms with Crippen molar-refractivity contribution in [1.82, 2.24) is 9.97 Å². The number of ketones is 1. The van der Waals surface area contributed by atoms with Crippen molar-refractivity contribution in [3.05, 3.63) is 11.8 Å².